The number of para-hydroxylation sites is 1. The van der Waals surface area contributed by atoms with Gasteiger partial charge in [-0.15, -0.1) is 0 Å². The van der Waals surface area contributed by atoms with Crippen LogP contribution in [0.1, 0.15) is 31.4 Å². The molecule has 3 aromatic carbocycles. The van der Waals surface area contributed by atoms with Gasteiger partial charge in [0.05, 0.1) is 24.3 Å². The van der Waals surface area contributed by atoms with Gasteiger partial charge in [-0.25, -0.2) is 10.9 Å². The van der Waals surface area contributed by atoms with Crippen molar-refractivity contribution in [1.29, 1.82) is 0 Å². The largest absolute Gasteiger partial charge is 0.484 e. The Morgan fingerprint density at radius 1 is 1.03 bits per heavy atom. The first-order valence-electron chi connectivity index (χ1n) is 12.9. The highest BCUT2D eigenvalue weighted by Gasteiger charge is 2.40. The number of hydrogen-bond acceptors (Lipinski definition) is 7. The monoisotopic (exact) mass is 546 g/mol. The van der Waals surface area contributed by atoms with Crippen molar-refractivity contribution in [2.75, 3.05) is 23.4 Å². The van der Waals surface area contributed by atoms with E-state index in [1.807, 2.05) is 86.6 Å². The summed E-state index contributed by atoms with van der Waals surface area (Å²) in [6.07, 6.45) is -0.104. The van der Waals surface area contributed by atoms with Crippen LogP contribution in [0.3, 0.4) is 0 Å². The third kappa shape index (κ3) is 6.06. The van der Waals surface area contributed by atoms with Gasteiger partial charge in [0.1, 0.15) is 11.9 Å². The van der Waals surface area contributed by atoms with E-state index >= 15 is 0 Å². The Bertz CT molecular complexity index is 1370. The number of halogens is 1. The van der Waals surface area contributed by atoms with Gasteiger partial charge in [-0.2, -0.15) is 0 Å². The molecular formula is C29H31ClN6O3. The van der Waals surface area contributed by atoms with Crippen molar-refractivity contribution in [3.05, 3.63) is 88.9 Å². The molecule has 3 aromatic rings. The lowest BCUT2D eigenvalue weighted by molar-refractivity contribution is -0.121. The molecule has 0 bridgehead atoms. The van der Waals surface area contributed by atoms with Gasteiger partial charge < -0.3 is 20.3 Å². The van der Waals surface area contributed by atoms with E-state index in [1.54, 1.807) is 0 Å². The number of rotatable bonds is 8. The first-order chi connectivity index (χ1) is 18.9. The zero-order chi connectivity index (χ0) is 27.4. The molecule has 10 heteroatoms. The molecule has 0 saturated carbocycles. The number of nitrogens with zero attached hydrogens (tertiary/aromatic N) is 2. The average Bonchev–Trinajstić information content (AvgIpc) is 3.26. The van der Waals surface area contributed by atoms with E-state index in [2.05, 4.69) is 26.4 Å². The highest BCUT2D eigenvalue weighted by Crippen LogP contribution is 2.36. The molecule has 1 fully saturated rings. The third-order valence-corrected chi connectivity index (χ3v) is 6.88. The zero-order valence-corrected chi connectivity index (χ0v) is 22.5. The van der Waals surface area contributed by atoms with Crippen molar-refractivity contribution in [3.63, 3.8) is 0 Å². The van der Waals surface area contributed by atoms with Crippen LogP contribution in [0.2, 0.25) is 5.02 Å². The van der Waals surface area contributed by atoms with Crippen molar-refractivity contribution in [1.82, 2.24) is 16.2 Å². The maximum Gasteiger partial charge on any atom is 0.262 e. The standard InChI is InChI=1S/C29H31ClN6O3/c1-3-31-26(37)16-24-29-35-34-18(2)36(29)25-14-13-22(39-17-27(38)32-21-7-5-4-6-8-21)15-23(25)28(33-24)19-9-11-20(30)12-10-19/h4-15,18,24,29,34-35H,3,16-17H2,1-2H3,(H,31,37)(H,32,38). The summed E-state index contributed by atoms with van der Waals surface area (Å²) in [5, 5.41) is 6.34. The SMILES string of the molecule is CCNC(=O)CC1N=C(c2ccc(Cl)cc2)c2cc(OCC(=O)Nc3ccccc3)ccc2N2C(C)NNC12. The summed E-state index contributed by atoms with van der Waals surface area (Å²) in [6, 6.07) is 22.1. The highest BCUT2D eigenvalue weighted by atomic mass is 35.5. The number of benzene rings is 3. The van der Waals surface area contributed by atoms with Crippen LogP contribution in [0.25, 0.3) is 0 Å². The van der Waals surface area contributed by atoms with E-state index in [0.29, 0.717) is 23.0 Å². The number of hydrazine groups is 1. The molecule has 9 nitrogen and oxygen atoms in total. The number of fused-ring (bicyclic) bond motifs is 3. The summed E-state index contributed by atoms with van der Waals surface area (Å²) in [5.41, 5.74) is 10.7. The Balaban J connectivity index is 1.50. The van der Waals surface area contributed by atoms with Crippen molar-refractivity contribution < 1.29 is 14.3 Å². The molecule has 2 amide bonds. The van der Waals surface area contributed by atoms with Crippen LogP contribution >= 0.6 is 11.6 Å². The molecule has 39 heavy (non-hydrogen) atoms. The predicted molar refractivity (Wildman–Crippen MR) is 153 cm³/mol. The topological polar surface area (TPSA) is 107 Å². The molecule has 1 saturated heterocycles. The van der Waals surface area contributed by atoms with Crippen LogP contribution in [0, 0.1) is 0 Å². The summed E-state index contributed by atoms with van der Waals surface area (Å²) < 4.78 is 5.91. The molecule has 2 aliphatic rings. The van der Waals surface area contributed by atoms with E-state index in [0.717, 1.165) is 22.5 Å². The Kier molecular flexibility index (Phi) is 8.11. The molecule has 2 aliphatic heterocycles. The zero-order valence-electron chi connectivity index (χ0n) is 21.8. The lowest BCUT2D eigenvalue weighted by atomic mass is 9.99. The lowest BCUT2D eigenvalue weighted by Crippen LogP contribution is -2.47. The lowest BCUT2D eigenvalue weighted by Gasteiger charge is -2.31. The number of hydrogen-bond donors (Lipinski definition) is 4. The van der Waals surface area contributed by atoms with E-state index in [1.165, 1.54) is 0 Å². The Hall–Kier alpha value is -3.92. The second kappa shape index (κ2) is 11.9. The third-order valence-electron chi connectivity index (χ3n) is 6.63. The summed E-state index contributed by atoms with van der Waals surface area (Å²) in [6.45, 7) is 4.35. The molecule has 3 atom stereocenters. The Labute approximate surface area is 232 Å². The predicted octanol–water partition coefficient (Wildman–Crippen LogP) is 3.69. The highest BCUT2D eigenvalue weighted by molar-refractivity contribution is 6.30. The fraction of sp³-hybridized carbons (Fsp3) is 0.276. The fourth-order valence-corrected chi connectivity index (χ4v) is 5.00. The number of nitrogens with one attached hydrogen (secondary N) is 4. The van der Waals surface area contributed by atoms with Crippen molar-refractivity contribution in [3.8, 4) is 5.75 Å². The van der Waals surface area contributed by atoms with Gasteiger partial charge in [0.15, 0.2) is 6.61 Å². The quantitative estimate of drug-likeness (QED) is 0.343. The van der Waals surface area contributed by atoms with Gasteiger partial charge >= 0.3 is 0 Å². The minimum absolute atomic E-state index is 0.0614. The van der Waals surface area contributed by atoms with Gasteiger partial charge in [0, 0.05) is 34.1 Å². The van der Waals surface area contributed by atoms with E-state index in [4.69, 9.17) is 21.3 Å². The number of aliphatic imine (C=N–C) groups is 1. The van der Waals surface area contributed by atoms with Crippen LogP contribution in [-0.2, 0) is 9.59 Å². The molecule has 5 rings (SSSR count). The van der Waals surface area contributed by atoms with Gasteiger partial charge in [-0.05, 0) is 56.3 Å². The molecule has 0 spiro atoms. The summed E-state index contributed by atoms with van der Waals surface area (Å²) >= 11 is 6.19. The first-order valence-corrected chi connectivity index (χ1v) is 13.3. The van der Waals surface area contributed by atoms with Crippen LogP contribution in [0.15, 0.2) is 77.8 Å². The van der Waals surface area contributed by atoms with E-state index in [9.17, 15) is 9.59 Å². The van der Waals surface area contributed by atoms with Crippen LogP contribution < -0.4 is 31.1 Å². The van der Waals surface area contributed by atoms with Crippen molar-refractivity contribution in [2.24, 2.45) is 4.99 Å². The summed E-state index contributed by atoms with van der Waals surface area (Å²) in [4.78, 5) is 32.5. The molecular weight excluding hydrogens is 516 g/mol. The number of carbonyl (C=O) groups excluding carboxylic acids is 2. The number of carbonyl (C=O) groups is 2. The first kappa shape index (κ1) is 26.7. The van der Waals surface area contributed by atoms with Crippen LogP contribution in [0.4, 0.5) is 11.4 Å². The molecule has 3 unspecified atom stereocenters. The maximum absolute atomic E-state index is 12.7. The number of ether oxygens (including phenoxy) is 1. The average molecular weight is 547 g/mol. The van der Waals surface area contributed by atoms with Gasteiger partial charge in [-0.1, -0.05) is 41.9 Å². The van der Waals surface area contributed by atoms with E-state index < -0.39 is 0 Å². The minimum atomic E-state index is -0.381. The molecule has 0 aromatic heterocycles. The maximum atomic E-state index is 12.7. The second-order valence-electron chi connectivity index (χ2n) is 9.41. The van der Waals surface area contributed by atoms with Gasteiger partial charge in [-0.3, -0.25) is 14.6 Å². The van der Waals surface area contributed by atoms with Crippen LogP contribution in [-0.4, -0.2) is 49.1 Å². The molecule has 4 N–H and O–H groups in total. The molecule has 2 heterocycles. The molecule has 0 aliphatic carbocycles. The molecule has 0 radical (unpaired) electrons. The smallest absolute Gasteiger partial charge is 0.262 e. The van der Waals surface area contributed by atoms with Crippen molar-refractivity contribution in [2.45, 2.75) is 38.6 Å². The van der Waals surface area contributed by atoms with Crippen LogP contribution in [0.5, 0.6) is 5.75 Å². The summed E-state index contributed by atoms with van der Waals surface area (Å²) in [5.74, 6) is 0.207. The normalized spacial score (nSPS) is 19.8. The second-order valence-corrected chi connectivity index (χ2v) is 9.84. The van der Waals surface area contributed by atoms with E-state index in [-0.39, 0.29) is 43.2 Å². The number of anilines is 2. The Morgan fingerprint density at radius 2 is 1.79 bits per heavy atom. The van der Waals surface area contributed by atoms with Crippen molar-refractivity contribution >= 4 is 40.5 Å². The van der Waals surface area contributed by atoms with Gasteiger partial charge in [0.2, 0.25) is 5.91 Å². The molecule has 202 valence electrons. The minimum Gasteiger partial charge on any atom is -0.484 e. The van der Waals surface area contributed by atoms with Gasteiger partial charge in [0.25, 0.3) is 5.91 Å². The number of amides is 2. The summed E-state index contributed by atoms with van der Waals surface area (Å²) in [7, 11) is 0. The Morgan fingerprint density at radius 3 is 2.54 bits per heavy atom. The fourth-order valence-electron chi connectivity index (χ4n) is 4.87.